The number of nitrogens with zero attached hydrogens (tertiary/aromatic N) is 2. The van der Waals surface area contributed by atoms with E-state index < -0.39 is 7.26 Å². The van der Waals surface area contributed by atoms with Gasteiger partial charge >= 0.3 is 0 Å². The summed E-state index contributed by atoms with van der Waals surface area (Å²) in [6, 6.07) is 37.4. The number of methoxy groups -OCH3 is 1. The molecule has 0 radical (unpaired) electrons. The lowest BCUT2D eigenvalue weighted by Gasteiger charge is -2.28. The number of ether oxygens (including phenoxy) is 1. The molecule has 0 bridgehead atoms. The Hall–Kier alpha value is -3.27. The van der Waals surface area contributed by atoms with Crippen molar-refractivity contribution in [1.29, 1.82) is 0 Å². The van der Waals surface area contributed by atoms with E-state index in [2.05, 4.69) is 91.0 Å². The Bertz CT molecular complexity index is 1410. The number of hydrogen-bond acceptors (Lipinski definition) is 2. The number of benzene rings is 4. The molecule has 1 aliphatic carbocycles. The summed E-state index contributed by atoms with van der Waals surface area (Å²) in [4.78, 5) is 0. The first-order chi connectivity index (χ1) is 18.2. The Morgan fingerprint density at radius 3 is 1.82 bits per heavy atom. The van der Waals surface area contributed by atoms with Gasteiger partial charge in [0.2, 0.25) is 0 Å². The second-order valence-electron chi connectivity index (χ2n) is 9.53. The first-order valence-electron chi connectivity index (χ1n) is 12.7. The van der Waals surface area contributed by atoms with Crippen molar-refractivity contribution in [3.8, 4) is 11.4 Å². The highest BCUT2D eigenvalue weighted by Gasteiger charge is 2.47. The fraction of sp³-hybridized carbons (Fsp3) is 0.156. The third-order valence-electron chi connectivity index (χ3n) is 7.23. The lowest BCUT2D eigenvalue weighted by Crippen LogP contribution is -2.32. The van der Waals surface area contributed by atoms with Gasteiger partial charge in [-0.2, -0.15) is 5.10 Å². The van der Waals surface area contributed by atoms with E-state index in [1.807, 2.05) is 10.9 Å². The largest absolute Gasteiger partial charge is 0.497 e. The van der Waals surface area contributed by atoms with E-state index in [9.17, 15) is 0 Å². The Morgan fingerprint density at radius 1 is 0.816 bits per heavy atom. The summed E-state index contributed by atoms with van der Waals surface area (Å²) in [7, 11) is -0.488. The normalized spacial score (nSPS) is 13.1. The van der Waals surface area contributed by atoms with Crippen LogP contribution in [0.1, 0.15) is 30.0 Å². The van der Waals surface area contributed by atoms with Gasteiger partial charge in [-0.25, -0.2) is 9.07 Å². The van der Waals surface area contributed by atoms with Gasteiger partial charge in [0, 0.05) is 17.5 Å². The van der Waals surface area contributed by atoms with Gasteiger partial charge in [0.15, 0.2) is 0 Å². The van der Waals surface area contributed by atoms with Gasteiger partial charge in [0.05, 0.1) is 19.0 Å². The van der Waals surface area contributed by atoms with E-state index in [0.717, 1.165) is 24.7 Å². The van der Waals surface area contributed by atoms with Gasteiger partial charge in [-0.15, -0.1) is 17.0 Å². The summed E-state index contributed by atoms with van der Waals surface area (Å²) in [5.41, 5.74) is 2.75. The van der Waals surface area contributed by atoms with Gasteiger partial charge in [-0.1, -0.05) is 54.6 Å². The highest BCUT2D eigenvalue weighted by Crippen LogP contribution is 2.59. The molecule has 192 valence electrons. The minimum atomic E-state index is -2.09. The highest BCUT2D eigenvalue weighted by atomic mass is 79.9. The molecule has 0 unspecified atom stereocenters. The molecular weight excluding hydrogens is 558 g/mol. The summed E-state index contributed by atoms with van der Waals surface area (Å²) in [5.74, 6) is 0.704. The second kappa shape index (κ2) is 11.2. The lowest BCUT2D eigenvalue weighted by atomic mass is 10.2. The van der Waals surface area contributed by atoms with Crippen molar-refractivity contribution in [1.82, 2.24) is 9.78 Å². The van der Waals surface area contributed by atoms with Gasteiger partial charge in [0.1, 0.15) is 46.6 Å². The standard InChI is InChI=1S/C32H29FN2OP.BrH/c1-36-26-19-20-30(33)31(21-26)35-32(24-17-18-24)25(22-34-35)23-37(27-11-5-2-6-12-27,28-13-7-3-8-14-28)29-15-9-4-10-16-29;/h2-16,19-22,24H,17-18,23H2,1H3;1H/q+1;. The van der Waals surface area contributed by atoms with Crippen LogP contribution >= 0.6 is 24.2 Å². The molecule has 38 heavy (non-hydrogen) atoms. The zero-order chi connectivity index (χ0) is 25.2. The molecule has 0 spiro atoms. The second-order valence-corrected chi connectivity index (χ2v) is 13.0. The molecule has 1 fully saturated rings. The summed E-state index contributed by atoms with van der Waals surface area (Å²) in [6.45, 7) is 0. The maximum Gasteiger partial charge on any atom is 0.149 e. The molecule has 0 aliphatic heterocycles. The zero-order valence-corrected chi connectivity index (χ0v) is 23.8. The quantitative estimate of drug-likeness (QED) is 0.183. The molecule has 1 aliphatic rings. The first kappa shape index (κ1) is 26.3. The van der Waals surface area contributed by atoms with E-state index in [1.165, 1.54) is 27.5 Å². The summed E-state index contributed by atoms with van der Waals surface area (Å²) in [5, 5.41) is 8.77. The third kappa shape index (κ3) is 4.81. The Morgan fingerprint density at radius 2 is 1.34 bits per heavy atom. The molecule has 5 aromatic rings. The molecule has 0 atom stereocenters. The minimum absolute atomic E-state index is 0. The van der Waals surface area contributed by atoms with E-state index in [-0.39, 0.29) is 22.8 Å². The molecule has 1 aromatic heterocycles. The van der Waals surface area contributed by atoms with Crippen LogP contribution < -0.4 is 20.7 Å². The molecule has 0 N–H and O–H groups in total. The molecule has 0 saturated heterocycles. The third-order valence-corrected chi connectivity index (χ3v) is 11.6. The molecule has 0 amide bonds. The number of rotatable bonds is 8. The predicted octanol–water partition coefficient (Wildman–Crippen LogP) is 6.97. The van der Waals surface area contributed by atoms with Crippen LogP contribution in [-0.2, 0) is 6.16 Å². The first-order valence-corrected chi connectivity index (χ1v) is 14.6. The number of aromatic nitrogens is 2. The topological polar surface area (TPSA) is 27.1 Å². The summed E-state index contributed by atoms with van der Waals surface area (Å²) in [6.07, 6.45) is 4.98. The van der Waals surface area contributed by atoms with Crippen LogP contribution in [0.2, 0.25) is 0 Å². The SMILES string of the molecule is Br.COc1ccc(F)c(-n2ncc(C[P+](c3ccccc3)(c3ccccc3)c3ccccc3)c2C2CC2)c1. The molecule has 6 rings (SSSR count). The minimum Gasteiger partial charge on any atom is -0.497 e. The van der Waals surface area contributed by atoms with Crippen LogP contribution in [0, 0.1) is 5.82 Å². The smallest absolute Gasteiger partial charge is 0.149 e. The summed E-state index contributed by atoms with van der Waals surface area (Å²) >= 11 is 0. The molecule has 6 heteroatoms. The number of halogens is 2. The van der Waals surface area contributed by atoms with Crippen LogP contribution in [0.5, 0.6) is 5.75 Å². The fourth-order valence-corrected chi connectivity index (χ4v) is 9.54. The Balaban J connectivity index is 0.00000294. The van der Waals surface area contributed by atoms with Crippen molar-refractivity contribution >= 4 is 40.2 Å². The average Bonchev–Trinajstić information content (AvgIpc) is 3.72. The van der Waals surface area contributed by atoms with Crippen molar-refractivity contribution < 1.29 is 9.13 Å². The van der Waals surface area contributed by atoms with Gasteiger partial charge in [-0.3, -0.25) is 0 Å². The van der Waals surface area contributed by atoms with E-state index in [4.69, 9.17) is 9.84 Å². The van der Waals surface area contributed by atoms with Crippen LogP contribution in [0.25, 0.3) is 5.69 Å². The molecular formula is C32H30BrFN2OP+. The van der Waals surface area contributed by atoms with Gasteiger partial charge in [0.25, 0.3) is 0 Å². The van der Waals surface area contributed by atoms with Gasteiger partial charge in [-0.05, 0) is 61.4 Å². The molecule has 4 aromatic carbocycles. The summed E-state index contributed by atoms with van der Waals surface area (Å²) < 4.78 is 22.3. The Labute approximate surface area is 234 Å². The number of hydrogen-bond donors (Lipinski definition) is 0. The van der Waals surface area contributed by atoms with Crippen LogP contribution in [-0.4, -0.2) is 16.9 Å². The Kier molecular flexibility index (Phi) is 7.78. The highest BCUT2D eigenvalue weighted by molar-refractivity contribution is 8.93. The maximum atomic E-state index is 15.1. The van der Waals surface area contributed by atoms with Crippen molar-refractivity contribution in [2.75, 3.05) is 7.11 Å². The predicted molar refractivity (Wildman–Crippen MR) is 161 cm³/mol. The zero-order valence-electron chi connectivity index (χ0n) is 21.2. The van der Waals surface area contributed by atoms with Crippen molar-refractivity contribution in [2.24, 2.45) is 0 Å². The molecule has 3 nitrogen and oxygen atoms in total. The van der Waals surface area contributed by atoms with E-state index in [1.54, 1.807) is 19.2 Å². The molecule has 1 heterocycles. The van der Waals surface area contributed by atoms with Crippen LogP contribution in [0.4, 0.5) is 4.39 Å². The fourth-order valence-electron chi connectivity index (χ4n) is 5.30. The van der Waals surface area contributed by atoms with Crippen LogP contribution in [0.3, 0.4) is 0 Å². The molecule has 1 saturated carbocycles. The maximum absolute atomic E-state index is 15.1. The van der Waals surface area contributed by atoms with Gasteiger partial charge < -0.3 is 4.74 Å². The van der Waals surface area contributed by atoms with Crippen molar-refractivity contribution in [3.63, 3.8) is 0 Å². The monoisotopic (exact) mass is 587 g/mol. The average molecular weight is 588 g/mol. The van der Waals surface area contributed by atoms with E-state index in [0.29, 0.717) is 17.4 Å². The van der Waals surface area contributed by atoms with E-state index >= 15 is 4.39 Å². The lowest BCUT2D eigenvalue weighted by molar-refractivity contribution is 0.413. The van der Waals surface area contributed by atoms with Crippen molar-refractivity contribution in [3.05, 3.63) is 132 Å². The van der Waals surface area contributed by atoms with Crippen molar-refractivity contribution in [2.45, 2.75) is 24.9 Å². The van der Waals surface area contributed by atoms with Crippen LogP contribution in [0.15, 0.2) is 115 Å².